The van der Waals surface area contributed by atoms with Gasteiger partial charge in [0.1, 0.15) is 6.29 Å². The molecule has 0 amide bonds. The predicted molar refractivity (Wildman–Crippen MR) is 67.4 cm³/mol. The Morgan fingerprint density at radius 3 is 2.53 bits per heavy atom. The summed E-state index contributed by atoms with van der Waals surface area (Å²) < 4.78 is 39.0. The lowest BCUT2D eigenvalue weighted by Crippen LogP contribution is -2.30. The van der Waals surface area contributed by atoms with E-state index in [1.54, 1.807) is 11.9 Å². The van der Waals surface area contributed by atoms with Crippen LogP contribution in [0, 0.1) is 5.92 Å². The molecule has 2 rings (SSSR count). The van der Waals surface area contributed by atoms with Gasteiger partial charge in [-0.2, -0.15) is 13.2 Å². The van der Waals surface area contributed by atoms with Crippen LogP contribution in [-0.4, -0.2) is 19.9 Å². The lowest BCUT2D eigenvalue weighted by Gasteiger charge is -2.32. The van der Waals surface area contributed by atoms with Gasteiger partial charge in [0, 0.05) is 24.8 Å². The number of nitrogens with zero attached hydrogens (tertiary/aromatic N) is 1. The minimum Gasteiger partial charge on any atom is -0.374 e. The topological polar surface area (TPSA) is 20.3 Å². The Kier molecular flexibility index (Phi) is 3.83. The molecule has 0 aliphatic heterocycles. The van der Waals surface area contributed by atoms with Gasteiger partial charge in [-0.05, 0) is 37.0 Å². The van der Waals surface area contributed by atoms with Crippen molar-refractivity contribution in [3.8, 4) is 0 Å². The van der Waals surface area contributed by atoms with Crippen molar-refractivity contribution in [1.82, 2.24) is 0 Å². The quantitative estimate of drug-likeness (QED) is 0.777. The van der Waals surface area contributed by atoms with Gasteiger partial charge in [0.25, 0.3) is 0 Å². The van der Waals surface area contributed by atoms with Crippen molar-refractivity contribution in [1.29, 1.82) is 0 Å². The average Bonchev–Trinajstić information content (AvgIpc) is 2.31. The molecule has 104 valence electrons. The monoisotopic (exact) mass is 271 g/mol. The van der Waals surface area contributed by atoms with Gasteiger partial charge < -0.3 is 4.90 Å². The van der Waals surface area contributed by atoms with Crippen LogP contribution in [-0.2, 0) is 6.18 Å². The first kappa shape index (κ1) is 13.9. The zero-order valence-corrected chi connectivity index (χ0v) is 10.7. The molecule has 0 atom stereocenters. The maximum atomic E-state index is 13.0. The number of alkyl halides is 3. The molecule has 1 aromatic carbocycles. The van der Waals surface area contributed by atoms with Crippen molar-refractivity contribution in [2.24, 2.45) is 5.92 Å². The van der Waals surface area contributed by atoms with Gasteiger partial charge in [-0.25, -0.2) is 0 Å². The molecule has 1 saturated carbocycles. The van der Waals surface area contributed by atoms with Gasteiger partial charge in [-0.15, -0.1) is 0 Å². The maximum Gasteiger partial charge on any atom is 0.418 e. The van der Waals surface area contributed by atoms with Crippen molar-refractivity contribution in [2.75, 3.05) is 18.5 Å². The minimum absolute atomic E-state index is 0.0492. The molecule has 1 fully saturated rings. The Morgan fingerprint density at radius 2 is 2.05 bits per heavy atom. The molecule has 0 spiro atoms. The Labute approximate surface area is 110 Å². The third-order valence-corrected chi connectivity index (χ3v) is 3.63. The summed E-state index contributed by atoms with van der Waals surface area (Å²) in [6.45, 7) is 0.628. The van der Waals surface area contributed by atoms with Crippen molar-refractivity contribution in [3.05, 3.63) is 29.3 Å². The maximum absolute atomic E-state index is 13.0. The summed E-state index contributed by atoms with van der Waals surface area (Å²) in [5.74, 6) is 0.483. The van der Waals surface area contributed by atoms with Crippen LogP contribution in [0.2, 0.25) is 0 Å². The zero-order chi connectivity index (χ0) is 14.0. The SMILES string of the molecule is CN(CC1CCC1)c1ccc(C=O)cc1C(F)(F)F. The highest BCUT2D eigenvalue weighted by atomic mass is 19.4. The lowest BCUT2D eigenvalue weighted by molar-refractivity contribution is -0.137. The van der Waals surface area contributed by atoms with E-state index in [0.717, 1.165) is 25.3 Å². The van der Waals surface area contributed by atoms with Crippen LogP contribution in [0.5, 0.6) is 0 Å². The fourth-order valence-electron chi connectivity index (χ4n) is 2.35. The van der Waals surface area contributed by atoms with Crippen LogP contribution in [0.1, 0.15) is 35.2 Å². The van der Waals surface area contributed by atoms with E-state index in [9.17, 15) is 18.0 Å². The summed E-state index contributed by atoms with van der Waals surface area (Å²) >= 11 is 0. The van der Waals surface area contributed by atoms with Crippen LogP contribution in [0.4, 0.5) is 18.9 Å². The Morgan fingerprint density at radius 1 is 1.37 bits per heavy atom. The van der Waals surface area contributed by atoms with Crippen molar-refractivity contribution in [2.45, 2.75) is 25.4 Å². The molecule has 1 aliphatic carbocycles. The van der Waals surface area contributed by atoms with Gasteiger partial charge in [-0.3, -0.25) is 4.79 Å². The first-order valence-corrected chi connectivity index (χ1v) is 6.29. The smallest absolute Gasteiger partial charge is 0.374 e. The predicted octanol–water partition coefficient (Wildman–Crippen LogP) is 3.75. The molecule has 1 aliphatic rings. The Balaban J connectivity index is 2.29. The van der Waals surface area contributed by atoms with Gasteiger partial charge >= 0.3 is 6.18 Å². The second kappa shape index (κ2) is 5.23. The largest absolute Gasteiger partial charge is 0.418 e. The Bertz CT molecular complexity index is 466. The number of hydrogen-bond acceptors (Lipinski definition) is 2. The summed E-state index contributed by atoms with van der Waals surface area (Å²) in [6, 6.07) is 3.72. The van der Waals surface area contributed by atoms with Gasteiger partial charge in [0.15, 0.2) is 0 Å². The lowest BCUT2D eigenvalue weighted by atomic mass is 9.85. The van der Waals surface area contributed by atoms with E-state index in [2.05, 4.69) is 0 Å². The molecule has 0 saturated heterocycles. The van der Waals surface area contributed by atoms with Gasteiger partial charge in [-0.1, -0.05) is 6.42 Å². The molecule has 5 heteroatoms. The summed E-state index contributed by atoms with van der Waals surface area (Å²) in [5.41, 5.74) is -0.544. The summed E-state index contributed by atoms with van der Waals surface area (Å²) in [4.78, 5) is 12.3. The van der Waals surface area contributed by atoms with E-state index in [0.29, 0.717) is 18.7 Å². The first-order chi connectivity index (χ1) is 8.91. The molecular weight excluding hydrogens is 255 g/mol. The van der Waals surface area contributed by atoms with E-state index < -0.39 is 11.7 Å². The Hall–Kier alpha value is -1.52. The highest BCUT2D eigenvalue weighted by molar-refractivity contribution is 5.77. The third-order valence-electron chi connectivity index (χ3n) is 3.63. The van der Waals surface area contributed by atoms with Crippen molar-refractivity contribution < 1.29 is 18.0 Å². The highest BCUT2D eigenvalue weighted by Crippen LogP contribution is 2.38. The summed E-state index contributed by atoms with van der Waals surface area (Å²) in [6.07, 6.45) is -0.682. The third kappa shape index (κ3) is 3.08. The second-order valence-electron chi connectivity index (χ2n) is 5.07. The number of carbonyl (C=O) groups excluding carboxylic acids is 1. The van der Waals surface area contributed by atoms with Crippen molar-refractivity contribution >= 4 is 12.0 Å². The molecule has 2 nitrogen and oxygen atoms in total. The minimum atomic E-state index is -4.44. The van der Waals surface area contributed by atoms with Gasteiger partial charge in [0.05, 0.1) is 5.56 Å². The summed E-state index contributed by atoms with van der Waals surface area (Å²) in [7, 11) is 1.67. The second-order valence-corrected chi connectivity index (χ2v) is 5.07. The zero-order valence-electron chi connectivity index (χ0n) is 10.7. The molecular formula is C14H16F3NO. The fourth-order valence-corrected chi connectivity index (χ4v) is 2.35. The number of carbonyl (C=O) groups is 1. The van der Waals surface area contributed by atoms with Crippen LogP contribution in [0.15, 0.2) is 18.2 Å². The molecule has 0 N–H and O–H groups in total. The van der Waals surface area contributed by atoms with Crippen LogP contribution < -0.4 is 4.90 Å². The van der Waals surface area contributed by atoms with E-state index in [4.69, 9.17) is 0 Å². The fraction of sp³-hybridized carbons (Fsp3) is 0.500. The first-order valence-electron chi connectivity index (χ1n) is 6.29. The number of halogens is 3. The standard InChI is InChI=1S/C14H16F3NO/c1-18(8-10-3-2-4-10)13-6-5-11(9-19)7-12(13)14(15,16)17/h5-7,9-10H,2-4,8H2,1H3. The number of anilines is 1. The normalized spacial score (nSPS) is 16.0. The molecule has 19 heavy (non-hydrogen) atoms. The van der Waals surface area contributed by atoms with Gasteiger partial charge in [0.2, 0.25) is 0 Å². The van der Waals surface area contributed by atoms with Crippen LogP contribution in [0.3, 0.4) is 0 Å². The molecule has 0 bridgehead atoms. The van der Waals surface area contributed by atoms with E-state index in [1.807, 2.05) is 0 Å². The number of benzene rings is 1. The number of aldehydes is 1. The molecule has 0 aromatic heterocycles. The highest BCUT2D eigenvalue weighted by Gasteiger charge is 2.35. The molecule has 0 unspecified atom stereocenters. The van der Waals surface area contributed by atoms with E-state index in [-0.39, 0.29) is 11.3 Å². The number of hydrogen-bond donors (Lipinski definition) is 0. The molecule has 0 radical (unpaired) electrons. The average molecular weight is 271 g/mol. The van der Waals surface area contributed by atoms with E-state index >= 15 is 0 Å². The number of rotatable bonds is 4. The molecule has 0 heterocycles. The summed E-state index contributed by atoms with van der Waals surface area (Å²) in [5, 5.41) is 0. The van der Waals surface area contributed by atoms with Crippen molar-refractivity contribution in [3.63, 3.8) is 0 Å². The molecule has 1 aromatic rings. The van der Waals surface area contributed by atoms with Crippen LogP contribution >= 0.6 is 0 Å². The van der Waals surface area contributed by atoms with Crippen LogP contribution in [0.25, 0.3) is 0 Å². The van der Waals surface area contributed by atoms with E-state index in [1.165, 1.54) is 12.1 Å².